The van der Waals surface area contributed by atoms with Crippen molar-refractivity contribution in [2.75, 3.05) is 13.1 Å². The third kappa shape index (κ3) is 2.61. The standard InChI is InChI=1S/C11H17N3O2/c1-8-10(7-14-16-8)11(15)13-6-4-9-3-2-5-12-9/h7,9,12H,2-6H2,1H3,(H,13,15)/t9-/m1/s1. The van der Waals surface area contributed by atoms with Crippen molar-refractivity contribution in [3.8, 4) is 0 Å². The lowest BCUT2D eigenvalue weighted by atomic mass is 10.1. The normalized spacial score (nSPS) is 19.9. The van der Waals surface area contributed by atoms with Crippen LogP contribution < -0.4 is 10.6 Å². The second-order valence-corrected chi connectivity index (χ2v) is 4.13. The highest BCUT2D eigenvalue weighted by Crippen LogP contribution is 2.08. The molecular weight excluding hydrogens is 206 g/mol. The third-order valence-electron chi connectivity index (χ3n) is 2.94. The molecule has 2 rings (SSSR count). The Balaban J connectivity index is 1.73. The van der Waals surface area contributed by atoms with Crippen LogP contribution in [0.2, 0.25) is 0 Å². The van der Waals surface area contributed by atoms with Gasteiger partial charge in [-0.05, 0) is 32.7 Å². The molecule has 1 aliphatic heterocycles. The Bertz CT molecular complexity index is 356. The Morgan fingerprint density at radius 1 is 1.75 bits per heavy atom. The van der Waals surface area contributed by atoms with Gasteiger partial charge in [0, 0.05) is 12.6 Å². The van der Waals surface area contributed by atoms with E-state index in [-0.39, 0.29) is 5.91 Å². The second kappa shape index (κ2) is 5.12. The van der Waals surface area contributed by atoms with E-state index in [1.54, 1.807) is 6.92 Å². The van der Waals surface area contributed by atoms with Crippen LogP contribution in [0.15, 0.2) is 10.7 Å². The largest absolute Gasteiger partial charge is 0.361 e. The molecule has 2 N–H and O–H groups in total. The summed E-state index contributed by atoms with van der Waals surface area (Å²) in [6.07, 6.45) is 4.89. The van der Waals surface area contributed by atoms with Gasteiger partial charge in [-0.25, -0.2) is 0 Å². The molecule has 1 aromatic heterocycles. The molecular formula is C11H17N3O2. The molecule has 5 nitrogen and oxygen atoms in total. The Morgan fingerprint density at radius 2 is 2.62 bits per heavy atom. The average molecular weight is 223 g/mol. The van der Waals surface area contributed by atoms with Gasteiger partial charge in [0.25, 0.3) is 5.91 Å². The molecule has 1 amide bonds. The van der Waals surface area contributed by atoms with Crippen LogP contribution in [0.1, 0.15) is 35.4 Å². The highest BCUT2D eigenvalue weighted by molar-refractivity contribution is 5.94. The summed E-state index contributed by atoms with van der Waals surface area (Å²) in [6.45, 7) is 3.53. The lowest BCUT2D eigenvalue weighted by molar-refractivity contribution is 0.0951. The zero-order chi connectivity index (χ0) is 11.4. The van der Waals surface area contributed by atoms with Crippen LogP contribution in [-0.2, 0) is 0 Å². The van der Waals surface area contributed by atoms with Crippen LogP contribution in [0.25, 0.3) is 0 Å². The van der Waals surface area contributed by atoms with Crippen molar-refractivity contribution in [2.24, 2.45) is 0 Å². The number of nitrogens with one attached hydrogen (secondary N) is 2. The van der Waals surface area contributed by atoms with Crippen molar-refractivity contribution in [1.82, 2.24) is 15.8 Å². The first kappa shape index (κ1) is 11.1. The maximum Gasteiger partial charge on any atom is 0.256 e. The minimum atomic E-state index is -0.100. The van der Waals surface area contributed by atoms with Gasteiger partial charge in [0.1, 0.15) is 11.3 Å². The number of aromatic nitrogens is 1. The lowest BCUT2D eigenvalue weighted by Crippen LogP contribution is -2.30. The first-order chi connectivity index (χ1) is 7.77. The number of rotatable bonds is 4. The third-order valence-corrected chi connectivity index (χ3v) is 2.94. The van der Waals surface area contributed by atoms with Crippen LogP contribution >= 0.6 is 0 Å². The average Bonchev–Trinajstić information content (AvgIpc) is 2.88. The summed E-state index contributed by atoms with van der Waals surface area (Å²) in [5.41, 5.74) is 0.527. The maximum absolute atomic E-state index is 11.7. The van der Waals surface area contributed by atoms with Crippen molar-refractivity contribution < 1.29 is 9.32 Å². The Kier molecular flexibility index (Phi) is 3.56. The number of hydrogen-bond acceptors (Lipinski definition) is 4. The van der Waals surface area contributed by atoms with E-state index in [2.05, 4.69) is 15.8 Å². The Labute approximate surface area is 94.6 Å². The van der Waals surface area contributed by atoms with E-state index in [0.717, 1.165) is 13.0 Å². The second-order valence-electron chi connectivity index (χ2n) is 4.13. The molecule has 0 aliphatic carbocycles. The van der Waals surface area contributed by atoms with E-state index < -0.39 is 0 Å². The molecule has 16 heavy (non-hydrogen) atoms. The maximum atomic E-state index is 11.7. The number of amides is 1. The number of aryl methyl sites for hydroxylation is 1. The van der Waals surface area contributed by atoms with Gasteiger partial charge in [-0.1, -0.05) is 5.16 Å². The Morgan fingerprint density at radius 3 is 3.25 bits per heavy atom. The summed E-state index contributed by atoms with van der Waals surface area (Å²) < 4.78 is 4.84. The summed E-state index contributed by atoms with van der Waals surface area (Å²) in [7, 11) is 0. The predicted molar refractivity (Wildman–Crippen MR) is 59.2 cm³/mol. The number of carbonyl (C=O) groups is 1. The van der Waals surface area contributed by atoms with E-state index >= 15 is 0 Å². The monoisotopic (exact) mass is 223 g/mol. The topological polar surface area (TPSA) is 67.2 Å². The van der Waals surface area contributed by atoms with Crippen molar-refractivity contribution in [3.05, 3.63) is 17.5 Å². The molecule has 1 aliphatic rings. The lowest BCUT2D eigenvalue weighted by Gasteiger charge is -2.10. The molecule has 1 fully saturated rings. The minimum Gasteiger partial charge on any atom is -0.361 e. The van der Waals surface area contributed by atoms with Gasteiger partial charge in [-0.15, -0.1) is 0 Å². The van der Waals surface area contributed by atoms with Crippen LogP contribution in [-0.4, -0.2) is 30.2 Å². The molecule has 88 valence electrons. The van der Waals surface area contributed by atoms with Crippen molar-refractivity contribution in [2.45, 2.75) is 32.2 Å². The highest BCUT2D eigenvalue weighted by atomic mass is 16.5. The van der Waals surface area contributed by atoms with Crippen LogP contribution in [0.5, 0.6) is 0 Å². The van der Waals surface area contributed by atoms with Crippen molar-refractivity contribution in [3.63, 3.8) is 0 Å². The first-order valence-corrected chi connectivity index (χ1v) is 5.70. The SMILES string of the molecule is Cc1oncc1C(=O)NCC[C@H]1CCCN1. The minimum absolute atomic E-state index is 0.100. The molecule has 0 radical (unpaired) electrons. The molecule has 0 bridgehead atoms. The van der Waals surface area contributed by atoms with E-state index in [1.165, 1.54) is 19.0 Å². The highest BCUT2D eigenvalue weighted by Gasteiger charge is 2.15. The molecule has 2 heterocycles. The molecule has 0 spiro atoms. The number of carbonyl (C=O) groups excluding carboxylic acids is 1. The molecule has 1 aromatic rings. The smallest absolute Gasteiger partial charge is 0.256 e. The van der Waals surface area contributed by atoms with Crippen LogP contribution in [0.4, 0.5) is 0 Å². The van der Waals surface area contributed by atoms with Gasteiger partial charge >= 0.3 is 0 Å². The fourth-order valence-electron chi connectivity index (χ4n) is 1.97. The summed E-state index contributed by atoms with van der Waals surface area (Å²) in [6, 6.07) is 0.559. The van der Waals surface area contributed by atoms with E-state index in [1.807, 2.05) is 0 Å². The molecule has 0 unspecified atom stereocenters. The summed E-state index contributed by atoms with van der Waals surface area (Å²) in [4.78, 5) is 11.7. The number of nitrogens with zero attached hydrogens (tertiary/aromatic N) is 1. The fraction of sp³-hybridized carbons (Fsp3) is 0.636. The summed E-state index contributed by atoms with van der Waals surface area (Å²) in [5, 5.41) is 9.85. The van der Waals surface area contributed by atoms with Gasteiger partial charge in [-0.3, -0.25) is 4.79 Å². The zero-order valence-electron chi connectivity index (χ0n) is 9.45. The van der Waals surface area contributed by atoms with Crippen molar-refractivity contribution >= 4 is 5.91 Å². The zero-order valence-corrected chi connectivity index (χ0v) is 9.45. The molecule has 1 atom stereocenters. The van der Waals surface area contributed by atoms with Gasteiger partial charge < -0.3 is 15.2 Å². The molecule has 0 aromatic carbocycles. The van der Waals surface area contributed by atoms with Crippen LogP contribution in [0.3, 0.4) is 0 Å². The molecule has 1 saturated heterocycles. The van der Waals surface area contributed by atoms with Gasteiger partial charge in [0.05, 0.1) is 6.20 Å². The van der Waals surface area contributed by atoms with Crippen LogP contribution in [0, 0.1) is 6.92 Å². The predicted octanol–water partition coefficient (Wildman–Crippen LogP) is 0.855. The quantitative estimate of drug-likeness (QED) is 0.794. The molecule has 5 heteroatoms. The summed E-state index contributed by atoms with van der Waals surface area (Å²) >= 11 is 0. The van der Waals surface area contributed by atoms with Gasteiger partial charge in [0.2, 0.25) is 0 Å². The van der Waals surface area contributed by atoms with Gasteiger partial charge in [-0.2, -0.15) is 0 Å². The van der Waals surface area contributed by atoms with E-state index in [0.29, 0.717) is 23.9 Å². The van der Waals surface area contributed by atoms with E-state index in [9.17, 15) is 4.79 Å². The Hall–Kier alpha value is -1.36. The van der Waals surface area contributed by atoms with Crippen molar-refractivity contribution in [1.29, 1.82) is 0 Å². The molecule has 0 saturated carbocycles. The van der Waals surface area contributed by atoms with E-state index in [4.69, 9.17) is 4.52 Å². The number of hydrogen-bond donors (Lipinski definition) is 2. The first-order valence-electron chi connectivity index (χ1n) is 5.70. The van der Waals surface area contributed by atoms with Gasteiger partial charge in [0.15, 0.2) is 0 Å². The fourth-order valence-corrected chi connectivity index (χ4v) is 1.97. The summed E-state index contributed by atoms with van der Waals surface area (Å²) in [5.74, 6) is 0.466.